The van der Waals surface area contributed by atoms with E-state index < -0.39 is 0 Å². The molecule has 4 nitrogen and oxygen atoms in total. The molecule has 1 fully saturated rings. The Kier molecular flexibility index (Phi) is 3.94. The van der Waals surface area contributed by atoms with E-state index in [0.717, 1.165) is 5.33 Å². The molecule has 1 saturated heterocycles. The third-order valence-corrected chi connectivity index (χ3v) is 4.06. The molecule has 1 aromatic rings. The molecule has 1 aliphatic heterocycles. The van der Waals surface area contributed by atoms with E-state index in [1.165, 1.54) is 11.3 Å². The summed E-state index contributed by atoms with van der Waals surface area (Å²) >= 11 is 4.76. The van der Waals surface area contributed by atoms with Gasteiger partial charge in [-0.1, -0.05) is 15.9 Å². The van der Waals surface area contributed by atoms with Gasteiger partial charge in [-0.05, 0) is 6.92 Å². The van der Waals surface area contributed by atoms with Gasteiger partial charge in [0.05, 0.1) is 30.5 Å². The Morgan fingerprint density at radius 3 is 3.25 bits per heavy atom. The van der Waals surface area contributed by atoms with Crippen LogP contribution in [-0.2, 0) is 4.74 Å². The molecule has 0 aromatic carbocycles. The summed E-state index contributed by atoms with van der Waals surface area (Å²) < 4.78 is 5.58. The number of aromatic nitrogens is 1. The fourth-order valence-corrected chi connectivity index (χ4v) is 2.62. The Balaban J connectivity index is 2.09. The van der Waals surface area contributed by atoms with Crippen molar-refractivity contribution in [3.63, 3.8) is 0 Å². The zero-order valence-corrected chi connectivity index (χ0v) is 11.3. The molecule has 88 valence electrons. The lowest BCUT2D eigenvalue weighted by molar-refractivity contribution is -0.0359. The number of nitrogens with zero attached hydrogens (tertiary/aromatic N) is 2. The van der Waals surface area contributed by atoms with Crippen molar-refractivity contribution in [2.75, 3.05) is 18.5 Å². The van der Waals surface area contributed by atoms with Crippen LogP contribution in [0.1, 0.15) is 16.6 Å². The second kappa shape index (κ2) is 5.25. The molecule has 0 bridgehead atoms. The van der Waals surface area contributed by atoms with Gasteiger partial charge < -0.3 is 9.64 Å². The van der Waals surface area contributed by atoms with Gasteiger partial charge in [0.2, 0.25) is 0 Å². The molecule has 2 heterocycles. The topological polar surface area (TPSA) is 42.4 Å². The van der Waals surface area contributed by atoms with E-state index in [0.29, 0.717) is 18.0 Å². The molecule has 2 rings (SSSR count). The zero-order valence-electron chi connectivity index (χ0n) is 8.93. The van der Waals surface area contributed by atoms with Crippen LogP contribution >= 0.6 is 27.3 Å². The molecule has 0 N–H and O–H groups in total. The maximum Gasteiger partial charge on any atom is 0.265 e. The lowest BCUT2D eigenvalue weighted by Crippen LogP contribution is -2.51. The summed E-state index contributed by atoms with van der Waals surface area (Å²) in [4.78, 5) is 18.7. The first-order valence-electron chi connectivity index (χ1n) is 5.09. The molecular weight excluding hydrogens is 292 g/mol. The number of rotatable bonds is 2. The van der Waals surface area contributed by atoms with Crippen LogP contribution in [0.4, 0.5) is 0 Å². The molecule has 0 spiro atoms. The zero-order chi connectivity index (χ0) is 11.5. The molecule has 0 saturated carbocycles. The van der Waals surface area contributed by atoms with Gasteiger partial charge in [-0.2, -0.15) is 0 Å². The van der Waals surface area contributed by atoms with Gasteiger partial charge in [0.15, 0.2) is 0 Å². The Morgan fingerprint density at radius 2 is 2.62 bits per heavy atom. The number of alkyl halides is 1. The van der Waals surface area contributed by atoms with Crippen molar-refractivity contribution in [2.24, 2.45) is 0 Å². The number of morpholine rings is 1. The predicted octanol–water partition coefficient (Wildman–Crippen LogP) is 1.77. The average Bonchev–Trinajstić information content (AvgIpc) is 2.82. The third-order valence-electron chi connectivity index (χ3n) is 2.58. The Hall–Kier alpha value is -0.460. The van der Waals surface area contributed by atoms with Gasteiger partial charge in [-0.15, -0.1) is 11.3 Å². The minimum atomic E-state index is 0.0595. The Morgan fingerprint density at radius 1 is 1.81 bits per heavy atom. The highest BCUT2D eigenvalue weighted by Crippen LogP contribution is 2.18. The molecule has 1 aliphatic rings. The summed E-state index contributed by atoms with van der Waals surface area (Å²) in [5.41, 5.74) is 1.68. The maximum absolute atomic E-state index is 12.2. The number of halogens is 1. The molecule has 0 radical (unpaired) electrons. The van der Waals surface area contributed by atoms with Crippen molar-refractivity contribution in [1.29, 1.82) is 0 Å². The number of ether oxygens (including phenoxy) is 1. The van der Waals surface area contributed by atoms with E-state index in [4.69, 9.17) is 4.74 Å². The van der Waals surface area contributed by atoms with Gasteiger partial charge >= 0.3 is 0 Å². The number of hydrogen-bond donors (Lipinski definition) is 0. The first kappa shape index (κ1) is 12.0. The summed E-state index contributed by atoms with van der Waals surface area (Å²) in [5, 5.41) is 0.756. The molecule has 0 aliphatic carbocycles. The van der Waals surface area contributed by atoms with E-state index in [1.54, 1.807) is 11.7 Å². The monoisotopic (exact) mass is 304 g/mol. The molecule has 16 heavy (non-hydrogen) atoms. The van der Waals surface area contributed by atoms with E-state index in [-0.39, 0.29) is 18.1 Å². The number of amides is 1. The highest BCUT2D eigenvalue weighted by molar-refractivity contribution is 9.09. The minimum absolute atomic E-state index is 0.0595. The fourth-order valence-electron chi connectivity index (χ4n) is 1.66. The van der Waals surface area contributed by atoms with Crippen LogP contribution in [-0.4, -0.2) is 46.4 Å². The SMILES string of the molecule is CC1COC(CBr)CN1C(=O)c1cncs1. The predicted molar refractivity (Wildman–Crippen MR) is 66.1 cm³/mol. The first-order chi connectivity index (χ1) is 7.72. The summed E-state index contributed by atoms with van der Waals surface area (Å²) in [6.45, 7) is 3.24. The van der Waals surface area contributed by atoms with Crippen molar-refractivity contribution in [3.05, 3.63) is 16.6 Å². The molecule has 1 amide bonds. The maximum atomic E-state index is 12.2. The van der Waals surface area contributed by atoms with E-state index >= 15 is 0 Å². The number of hydrogen-bond acceptors (Lipinski definition) is 4. The summed E-state index contributed by atoms with van der Waals surface area (Å²) in [7, 11) is 0. The van der Waals surface area contributed by atoms with Crippen molar-refractivity contribution in [2.45, 2.75) is 19.1 Å². The standard InChI is InChI=1S/C10H13BrN2O2S/c1-7-5-15-8(2-11)4-13(7)10(14)9-3-12-6-16-9/h3,6-8H,2,4-5H2,1H3. The van der Waals surface area contributed by atoms with E-state index in [2.05, 4.69) is 20.9 Å². The van der Waals surface area contributed by atoms with E-state index in [9.17, 15) is 4.79 Å². The lowest BCUT2D eigenvalue weighted by atomic mass is 10.2. The van der Waals surface area contributed by atoms with Crippen LogP contribution in [0.5, 0.6) is 0 Å². The van der Waals surface area contributed by atoms with Crippen molar-refractivity contribution in [1.82, 2.24) is 9.88 Å². The number of carbonyl (C=O) groups is 1. The quantitative estimate of drug-likeness (QED) is 0.782. The smallest absolute Gasteiger partial charge is 0.265 e. The Labute approximate surface area is 107 Å². The van der Waals surface area contributed by atoms with E-state index in [1.807, 2.05) is 11.8 Å². The molecule has 2 unspecified atom stereocenters. The highest BCUT2D eigenvalue weighted by Gasteiger charge is 2.30. The van der Waals surface area contributed by atoms with Crippen molar-refractivity contribution in [3.8, 4) is 0 Å². The summed E-state index contributed by atoms with van der Waals surface area (Å²) in [6, 6.07) is 0.130. The largest absolute Gasteiger partial charge is 0.373 e. The van der Waals surface area contributed by atoms with Crippen LogP contribution in [0, 0.1) is 0 Å². The Bertz CT molecular complexity index is 358. The average molecular weight is 305 g/mol. The summed E-state index contributed by atoms with van der Waals surface area (Å²) in [6.07, 6.45) is 1.71. The minimum Gasteiger partial charge on any atom is -0.373 e. The van der Waals surface area contributed by atoms with Gasteiger partial charge in [0, 0.05) is 11.9 Å². The van der Waals surface area contributed by atoms with Crippen molar-refractivity contribution < 1.29 is 9.53 Å². The van der Waals surface area contributed by atoms with Crippen LogP contribution < -0.4 is 0 Å². The number of carbonyl (C=O) groups excluding carboxylic acids is 1. The lowest BCUT2D eigenvalue weighted by Gasteiger charge is -2.37. The molecule has 1 aromatic heterocycles. The van der Waals surface area contributed by atoms with Crippen LogP contribution in [0.3, 0.4) is 0 Å². The van der Waals surface area contributed by atoms with Crippen LogP contribution in [0.15, 0.2) is 11.7 Å². The molecule has 6 heteroatoms. The molecular formula is C10H13BrN2O2S. The fraction of sp³-hybridized carbons (Fsp3) is 0.600. The van der Waals surface area contributed by atoms with Gasteiger partial charge in [-0.3, -0.25) is 9.78 Å². The highest BCUT2D eigenvalue weighted by atomic mass is 79.9. The number of thiazole rings is 1. The van der Waals surface area contributed by atoms with Gasteiger partial charge in [0.1, 0.15) is 4.88 Å². The van der Waals surface area contributed by atoms with Gasteiger partial charge in [-0.25, -0.2) is 0 Å². The first-order valence-corrected chi connectivity index (χ1v) is 7.09. The van der Waals surface area contributed by atoms with Crippen LogP contribution in [0.2, 0.25) is 0 Å². The summed E-state index contributed by atoms with van der Waals surface area (Å²) in [5.74, 6) is 0.0595. The molecule has 2 atom stereocenters. The van der Waals surface area contributed by atoms with Gasteiger partial charge in [0.25, 0.3) is 5.91 Å². The van der Waals surface area contributed by atoms with Crippen LogP contribution in [0.25, 0.3) is 0 Å². The third kappa shape index (κ3) is 2.44. The normalized spacial score (nSPS) is 25.8. The second-order valence-corrected chi connectivity index (χ2v) is 5.32. The second-order valence-electron chi connectivity index (χ2n) is 3.78. The van der Waals surface area contributed by atoms with Crippen molar-refractivity contribution >= 4 is 33.2 Å².